The second kappa shape index (κ2) is 24.3. The molecule has 0 aliphatic heterocycles. The molecule has 11 nitrogen and oxygen atoms in total. The highest BCUT2D eigenvalue weighted by molar-refractivity contribution is 9.08. The zero-order valence-corrected chi connectivity index (χ0v) is 39.9. The van der Waals surface area contributed by atoms with Crippen molar-refractivity contribution < 1.29 is 64.5 Å². The molecule has 5 aromatic carbocycles. The van der Waals surface area contributed by atoms with Gasteiger partial charge in [0.1, 0.15) is 82.0 Å². The summed E-state index contributed by atoms with van der Waals surface area (Å²) in [6.07, 6.45) is 0.492. The lowest BCUT2D eigenvalue weighted by atomic mass is 10.1. The van der Waals surface area contributed by atoms with Crippen molar-refractivity contribution in [3.63, 3.8) is 0 Å². The number of alkyl halides is 1. The van der Waals surface area contributed by atoms with Gasteiger partial charge in [-0.25, -0.2) is 22.4 Å². The van der Waals surface area contributed by atoms with Crippen molar-refractivity contribution in [3.8, 4) is 17.2 Å². The van der Waals surface area contributed by atoms with Crippen LogP contribution in [0.1, 0.15) is 73.9 Å². The van der Waals surface area contributed by atoms with E-state index in [4.69, 9.17) is 37.3 Å². The topological polar surface area (TPSA) is 148 Å². The number of rotatable bonds is 13. The minimum absolute atomic E-state index is 0.0116. The van der Waals surface area contributed by atoms with Crippen molar-refractivity contribution in [2.75, 3.05) is 19.8 Å². The summed E-state index contributed by atoms with van der Waals surface area (Å²) in [4.78, 5) is 32.6. The molecule has 0 bridgehead atoms. The van der Waals surface area contributed by atoms with Crippen molar-refractivity contribution in [2.45, 2.75) is 66.7 Å². The number of carbonyl (C=O) groups excluding carboxylic acids is 2. The van der Waals surface area contributed by atoms with Gasteiger partial charge in [0.2, 0.25) is 0 Å². The second-order valence-electron chi connectivity index (χ2n) is 15.2. The standard InChI is InChI=1S/C20H15FO4.C14H19FO4.C10H8BrFO.C8H7FO2/c1-11-6-19(22)25-18-9-15(3-4-17(11)18)23-10-16-8-13-7-14(21)5-12(2)20(13)24-16;1-4-17-13(18-5-2)9-19-14-10(3)6-12(15)7-11(14)8-16;1-6-2-8(12)3-7-4-9(5-11)13-10(6)7;1-5-2-7(9)3-6(4-10)8(5)11/h3-9H,10H2,1-2H3;6-8,13H,4-5,9H2,1-3H3;2-4H,5H2,1H3;2-4,11H,1H3. The predicted molar refractivity (Wildman–Crippen MR) is 253 cm³/mol. The molecule has 0 radical (unpaired) electrons. The predicted octanol–water partition coefficient (Wildman–Crippen LogP) is 13.0. The molecule has 68 heavy (non-hydrogen) atoms. The number of phenols is 1. The minimum atomic E-state index is -0.512. The van der Waals surface area contributed by atoms with Crippen LogP contribution in [0.4, 0.5) is 17.6 Å². The maximum absolute atomic E-state index is 13.5. The molecule has 0 atom stereocenters. The molecule has 0 fully saturated rings. The van der Waals surface area contributed by atoms with Gasteiger partial charge in [0.15, 0.2) is 18.9 Å². The van der Waals surface area contributed by atoms with Gasteiger partial charge in [-0.15, -0.1) is 0 Å². The highest BCUT2D eigenvalue weighted by atomic mass is 79.9. The van der Waals surface area contributed by atoms with Crippen molar-refractivity contribution in [1.82, 2.24) is 0 Å². The smallest absolute Gasteiger partial charge is 0.336 e. The van der Waals surface area contributed by atoms with E-state index in [0.717, 1.165) is 50.9 Å². The molecule has 16 heteroatoms. The first-order valence-electron chi connectivity index (χ1n) is 21.1. The van der Waals surface area contributed by atoms with Gasteiger partial charge < -0.3 is 37.3 Å². The molecule has 0 amide bonds. The third-order valence-electron chi connectivity index (χ3n) is 9.96. The molecule has 1 N–H and O–H groups in total. The number of aryl methyl sites for hydroxylation is 5. The summed E-state index contributed by atoms with van der Waals surface area (Å²) in [5.74, 6) is 0.704. The van der Waals surface area contributed by atoms with E-state index in [0.29, 0.717) is 76.1 Å². The van der Waals surface area contributed by atoms with Crippen LogP contribution in [-0.4, -0.2) is 43.8 Å². The van der Waals surface area contributed by atoms with Gasteiger partial charge >= 0.3 is 5.63 Å². The summed E-state index contributed by atoms with van der Waals surface area (Å²) >= 11 is 3.29. The molecular weight excluding hydrogens is 956 g/mol. The monoisotopic (exact) mass is 1000 g/mol. The summed E-state index contributed by atoms with van der Waals surface area (Å²) < 4.78 is 90.5. The van der Waals surface area contributed by atoms with Crippen molar-refractivity contribution in [3.05, 3.63) is 169 Å². The quantitative estimate of drug-likeness (QED) is 0.0387. The molecule has 0 saturated carbocycles. The highest BCUT2D eigenvalue weighted by Crippen LogP contribution is 2.29. The molecule has 3 aromatic heterocycles. The fourth-order valence-corrected chi connectivity index (χ4v) is 7.19. The zero-order valence-electron chi connectivity index (χ0n) is 38.3. The normalized spacial score (nSPS) is 10.8. The number of hydrogen-bond acceptors (Lipinski definition) is 11. The number of furan rings is 2. The van der Waals surface area contributed by atoms with E-state index in [2.05, 4.69) is 15.9 Å². The van der Waals surface area contributed by atoms with Crippen LogP contribution in [0.2, 0.25) is 0 Å². The average Bonchev–Trinajstić information content (AvgIpc) is 3.91. The third-order valence-corrected chi connectivity index (χ3v) is 10.5. The Hall–Kier alpha value is -6.75. The highest BCUT2D eigenvalue weighted by Gasteiger charge is 2.15. The summed E-state index contributed by atoms with van der Waals surface area (Å²) in [5, 5.41) is 12.2. The van der Waals surface area contributed by atoms with Crippen LogP contribution < -0.4 is 15.1 Å². The van der Waals surface area contributed by atoms with E-state index < -0.39 is 23.6 Å². The Morgan fingerprint density at radius 1 is 0.618 bits per heavy atom. The first kappa shape index (κ1) is 52.2. The van der Waals surface area contributed by atoms with E-state index in [1.54, 1.807) is 26.0 Å². The Kier molecular flexibility index (Phi) is 18.7. The van der Waals surface area contributed by atoms with Gasteiger partial charge in [0, 0.05) is 41.5 Å². The number of ether oxygens (including phenoxy) is 4. The Balaban J connectivity index is 0.000000178. The van der Waals surface area contributed by atoms with Crippen LogP contribution in [0.5, 0.6) is 17.2 Å². The summed E-state index contributed by atoms with van der Waals surface area (Å²) in [6, 6.07) is 20.9. The van der Waals surface area contributed by atoms with Crippen molar-refractivity contribution >= 4 is 61.4 Å². The van der Waals surface area contributed by atoms with E-state index in [9.17, 15) is 31.9 Å². The molecule has 0 spiro atoms. The SMILES string of the molecule is CCOC(COc1c(C)cc(F)cc1C=O)OCC.Cc1cc(=O)oc2cc(OCc3cc4cc(F)cc(C)c4o3)ccc12.Cc1cc(F)cc(C=O)c1O.Cc1cc(F)cc2cc(CBr)oc12. The summed E-state index contributed by atoms with van der Waals surface area (Å²) in [7, 11) is 0. The number of carbonyl (C=O) groups is 2. The molecule has 8 aromatic rings. The van der Waals surface area contributed by atoms with Crippen LogP contribution in [0.15, 0.2) is 103 Å². The van der Waals surface area contributed by atoms with Gasteiger partial charge in [-0.3, -0.25) is 9.59 Å². The second-order valence-corrected chi connectivity index (χ2v) is 15.8. The van der Waals surface area contributed by atoms with Crippen LogP contribution in [0, 0.1) is 57.9 Å². The Morgan fingerprint density at radius 2 is 1.15 bits per heavy atom. The number of hydrogen-bond donors (Lipinski definition) is 1. The van der Waals surface area contributed by atoms with Crippen molar-refractivity contribution in [2.24, 2.45) is 0 Å². The summed E-state index contributed by atoms with van der Waals surface area (Å²) in [5.41, 5.74) is 5.05. The molecule has 358 valence electrons. The van der Waals surface area contributed by atoms with E-state index in [1.807, 2.05) is 45.9 Å². The van der Waals surface area contributed by atoms with Crippen LogP contribution in [0.3, 0.4) is 0 Å². The zero-order chi connectivity index (χ0) is 49.7. The molecule has 8 rings (SSSR count). The number of halogens is 5. The van der Waals surface area contributed by atoms with Crippen LogP contribution in [-0.2, 0) is 21.4 Å². The third kappa shape index (κ3) is 13.9. The van der Waals surface area contributed by atoms with E-state index in [-0.39, 0.29) is 41.7 Å². The van der Waals surface area contributed by atoms with Gasteiger partial charge in [0.05, 0.1) is 16.5 Å². The van der Waals surface area contributed by atoms with Gasteiger partial charge in [-0.2, -0.15) is 0 Å². The average molecular weight is 1010 g/mol. The maximum atomic E-state index is 13.5. The van der Waals surface area contributed by atoms with Gasteiger partial charge in [-0.1, -0.05) is 15.9 Å². The number of benzene rings is 5. The van der Waals surface area contributed by atoms with E-state index in [1.165, 1.54) is 49.4 Å². The van der Waals surface area contributed by atoms with Crippen molar-refractivity contribution in [1.29, 1.82) is 0 Å². The Morgan fingerprint density at radius 3 is 1.72 bits per heavy atom. The lowest BCUT2D eigenvalue weighted by molar-refractivity contribution is -0.152. The number of fused-ring (bicyclic) bond motifs is 3. The first-order chi connectivity index (χ1) is 32.5. The molecule has 0 aliphatic carbocycles. The van der Waals surface area contributed by atoms with E-state index >= 15 is 0 Å². The first-order valence-corrected chi connectivity index (χ1v) is 22.2. The molecule has 3 heterocycles. The molecule has 0 aliphatic rings. The largest absolute Gasteiger partial charge is 0.507 e. The number of aldehydes is 2. The maximum Gasteiger partial charge on any atom is 0.336 e. The Labute approximate surface area is 397 Å². The number of aromatic hydroxyl groups is 1. The lowest BCUT2D eigenvalue weighted by Gasteiger charge is -2.19. The van der Waals surface area contributed by atoms with Gasteiger partial charge in [-0.05, 0) is 149 Å². The van der Waals surface area contributed by atoms with Crippen LogP contribution in [0.25, 0.3) is 32.9 Å². The molecular formula is C52H49BrF4O11. The van der Waals surface area contributed by atoms with Crippen LogP contribution >= 0.6 is 15.9 Å². The fraction of sp³-hybridized carbons (Fsp3) is 0.250. The number of phenolic OH excluding ortho intramolecular Hbond substituents is 1. The lowest BCUT2D eigenvalue weighted by Crippen LogP contribution is -2.25. The molecule has 0 saturated heterocycles. The van der Waals surface area contributed by atoms with Gasteiger partial charge in [0.25, 0.3) is 0 Å². The fourth-order valence-electron chi connectivity index (χ4n) is 6.92. The minimum Gasteiger partial charge on any atom is -0.507 e. The Bertz CT molecular complexity index is 3080. The summed E-state index contributed by atoms with van der Waals surface area (Å²) in [6.45, 7) is 13.8. The molecule has 0 unspecified atom stereocenters.